The number of urea groups is 1. The van der Waals surface area contributed by atoms with Crippen molar-refractivity contribution >= 4 is 29.8 Å². The lowest BCUT2D eigenvalue weighted by atomic mass is 10.0. The summed E-state index contributed by atoms with van der Waals surface area (Å²) in [6.07, 6.45) is 3.77. The number of aryl methyl sites for hydroxylation is 1. The molecule has 12 heteroatoms. The van der Waals surface area contributed by atoms with Crippen molar-refractivity contribution in [1.82, 2.24) is 29.7 Å². The molecule has 36 heavy (non-hydrogen) atoms. The normalized spacial score (nSPS) is 17.5. The monoisotopic (exact) mass is 507 g/mol. The number of carbonyl (C=O) groups excluding carboxylic acids is 1. The number of anilines is 1. The van der Waals surface area contributed by atoms with Crippen LogP contribution in [0.2, 0.25) is 5.02 Å². The number of piperazine rings is 1. The minimum absolute atomic E-state index is 0.211. The van der Waals surface area contributed by atoms with Crippen LogP contribution in [0.15, 0.2) is 35.6 Å². The summed E-state index contributed by atoms with van der Waals surface area (Å²) in [5.74, 6) is 0.651. The van der Waals surface area contributed by atoms with Gasteiger partial charge in [0, 0.05) is 51.1 Å². The Labute approximate surface area is 212 Å². The number of nitrogens with zero attached hydrogens (tertiary/aromatic N) is 9. The van der Waals surface area contributed by atoms with E-state index in [-0.39, 0.29) is 11.6 Å². The van der Waals surface area contributed by atoms with Crippen molar-refractivity contribution < 1.29 is 9.18 Å². The molecule has 2 aliphatic rings. The molecule has 3 aromatic rings. The second-order valence-electron chi connectivity index (χ2n) is 8.65. The Morgan fingerprint density at radius 3 is 2.67 bits per heavy atom. The summed E-state index contributed by atoms with van der Waals surface area (Å²) < 4.78 is 15.7. The van der Waals surface area contributed by atoms with Crippen molar-refractivity contribution in [3.8, 4) is 11.9 Å². The lowest BCUT2D eigenvalue weighted by Crippen LogP contribution is -2.52. The lowest BCUT2D eigenvalue weighted by molar-refractivity contribution is 0.139. The number of aromatic nitrogens is 4. The maximum atomic E-state index is 14.0. The van der Waals surface area contributed by atoms with Crippen molar-refractivity contribution in [3.05, 3.63) is 63.8 Å². The Kier molecular flexibility index (Phi) is 6.28. The maximum Gasteiger partial charge on any atom is 0.341 e. The average molecular weight is 508 g/mol. The van der Waals surface area contributed by atoms with E-state index in [0.29, 0.717) is 55.0 Å². The molecule has 0 radical (unpaired) electrons. The number of carbonyl (C=O) groups is 1. The highest BCUT2D eigenvalue weighted by atomic mass is 35.5. The largest absolute Gasteiger partial charge is 0.341 e. The number of hydrazone groups is 1. The van der Waals surface area contributed by atoms with Crippen LogP contribution in [-0.4, -0.2) is 68.1 Å². The molecule has 1 atom stereocenters. The predicted molar refractivity (Wildman–Crippen MR) is 132 cm³/mol. The van der Waals surface area contributed by atoms with Crippen molar-refractivity contribution in [2.24, 2.45) is 5.10 Å². The summed E-state index contributed by atoms with van der Waals surface area (Å²) in [5.41, 5.74) is 2.29. The van der Waals surface area contributed by atoms with Crippen LogP contribution in [0, 0.1) is 31.0 Å². The highest BCUT2D eigenvalue weighted by molar-refractivity contribution is 6.31. The smallest absolute Gasteiger partial charge is 0.337 e. The molecule has 0 spiro atoms. The fraction of sp³-hybridized carbons (Fsp3) is 0.333. The molecule has 0 aliphatic carbocycles. The van der Waals surface area contributed by atoms with Gasteiger partial charge in [-0.25, -0.2) is 23.9 Å². The number of hydrogen-bond donors (Lipinski definition) is 0. The van der Waals surface area contributed by atoms with Crippen molar-refractivity contribution in [2.45, 2.75) is 26.3 Å². The van der Waals surface area contributed by atoms with Crippen molar-refractivity contribution in [1.29, 1.82) is 5.26 Å². The predicted octanol–water partition coefficient (Wildman–Crippen LogP) is 3.62. The van der Waals surface area contributed by atoms with Crippen LogP contribution in [0.25, 0.3) is 5.82 Å². The zero-order valence-corrected chi connectivity index (χ0v) is 20.5. The summed E-state index contributed by atoms with van der Waals surface area (Å²) in [7, 11) is 0. The van der Waals surface area contributed by atoms with E-state index in [1.807, 2.05) is 24.8 Å². The zero-order valence-electron chi connectivity index (χ0n) is 19.8. The van der Waals surface area contributed by atoms with Gasteiger partial charge in [0.15, 0.2) is 5.82 Å². The molecule has 1 unspecified atom stereocenters. The number of benzene rings is 1. The van der Waals surface area contributed by atoms with Crippen molar-refractivity contribution in [2.75, 3.05) is 31.1 Å². The first-order valence-corrected chi connectivity index (χ1v) is 11.8. The first kappa shape index (κ1) is 23.7. The van der Waals surface area contributed by atoms with E-state index >= 15 is 0 Å². The van der Waals surface area contributed by atoms with Gasteiger partial charge >= 0.3 is 6.03 Å². The Morgan fingerprint density at radius 2 is 1.97 bits per heavy atom. The van der Waals surface area contributed by atoms with Crippen LogP contribution in [-0.2, 0) is 0 Å². The van der Waals surface area contributed by atoms with Crippen molar-refractivity contribution in [3.63, 3.8) is 0 Å². The van der Waals surface area contributed by atoms with Crippen LogP contribution in [0.1, 0.15) is 35.0 Å². The van der Waals surface area contributed by atoms with E-state index in [0.717, 1.165) is 11.4 Å². The third kappa shape index (κ3) is 4.35. The summed E-state index contributed by atoms with van der Waals surface area (Å²) in [6.45, 7) is 5.69. The highest BCUT2D eigenvalue weighted by Crippen LogP contribution is 2.31. The number of rotatable bonds is 3. The second kappa shape index (κ2) is 9.54. The van der Waals surface area contributed by atoms with Gasteiger partial charge in [0.2, 0.25) is 5.95 Å². The molecule has 4 heterocycles. The molecule has 1 saturated heterocycles. The molecule has 184 valence electrons. The summed E-state index contributed by atoms with van der Waals surface area (Å²) in [4.78, 5) is 26.1. The average Bonchev–Trinajstić information content (AvgIpc) is 3.49. The van der Waals surface area contributed by atoms with Gasteiger partial charge in [-0.2, -0.15) is 20.4 Å². The summed E-state index contributed by atoms with van der Waals surface area (Å²) in [5, 5.41) is 19.9. The minimum atomic E-state index is -0.512. The van der Waals surface area contributed by atoms with Crippen LogP contribution in [0.5, 0.6) is 0 Å². The van der Waals surface area contributed by atoms with Gasteiger partial charge in [-0.15, -0.1) is 0 Å². The summed E-state index contributed by atoms with van der Waals surface area (Å²) in [6, 6.07) is 7.13. The third-order valence-corrected chi connectivity index (χ3v) is 6.89. The second-order valence-corrected chi connectivity index (χ2v) is 9.03. The van der Waals surface area contributed by atoms with E-state index in [1.54, 1.807) is 34.1 Å². The molecule has 0 bridgehead atoms. The Bertz CT molecular complexity index is 1390. The van der Waals surface area contributed by atoms with Crippen LogP contribution >= 0.6 is 11.6 Å². The van der Waals surface area contributed by atoms with Gasteiger partial charge in [0.25, 0.3) is 0 Å². The highest BCUT2D eigenvalue weighted by Gasteiger charge is 2.34. The van der Waals surface area contributed by atoms with Gasteiger partial charge in [-0.3, -0.25) is 0 Å². The van der Waals surface area contributed by atoms with Crippen LogP contribution in [0.4, 0.5) is 15.1 Å². The molecule has 5 rings (SSSR count). The van der Waals surface area contributed by atoms with Gasteiger partial charge in [0.1, 0.15) is 5.82 Å². The van der Waals surface area contributed by atoms with E-state index < -0.39 is 11.9 Å². The Hall–Kier alpha value is -4.04. The number of nitriles is 1. The first-order chi connectivity index (χ1) is 17.4. The third-order valence-electron chi connectivity index (χ3n) is 6.34. The van der Waals surface area contributed by atoms with Crippen LogP contribution in [0.3, 0.4) is 0 Å². The van der Waals surface area contributed by atoms with E-state index in [2.05, 4.69) is 20.2 Å². The van der Waals surface area contributed by atoms with E-state index in [4.69, 9.17) is 11.6 Å². The standard InChI is InChI=1S/C24H23ClFN9O/c1-15-22(25)16(2)34(31-15)21-4-5-28-23(30-21)32-7-9-33(10-8-32)24(36)35-20(3-6-29-35)18-11-17(14-27)12-19(26)13-18/h4-6,11-13,20H,3,7-10H2,1-2H3. The van der Waals surface area contributed by atoms with E-state index in [1.165, 1.54) is 17.1 Å². The quantitative estimate of drug-likeness (QED) is 0.536. The Balaban J connectivity index is 1.27. The van der Waals surface area contributed by atoms with Crippen LogP contribution < -0.4 is 4.90 Å². The molecular formula is C24H23ClFN9O. The SMILES string of the molecule is Cc1nn(-c2ccnc(N3CCN(C(=O)N4N=CCC4c4cc(F)cc(C#N)c4)CC3)n2)c(C)c1Cl. The van der Waals surface area contributed by atoms with Gasteiger partial charge in [-0.1, -0.05) is 11.6 Å². The molecule has 10 nitrogen and oxygen atoms in total. The van der Waals surface area contributed by atoms with Gasteiger partial charge in [0.05, 0.1) is 34.1 Å². The van der Waals surface area contributed by atoms with E-state index in [9.17, 15) is 14.4 Å². The molecule has 2 aliphatic heterocycles. The molecule has 0 N–H and O–H groups in total. The van der Waals surface area contributed by atoms with Gasteiger partial charge in [-0.05, 0) is 37.6 Å². The number of amides is 2. The molecule has 0 saturated carbocycles. The minimum Gasteiger partial charge on any atom is -0.337 e. The maximum absolute atomic E-state index is 14.0. The fourth-order valence-electron chi connectivity index (χ4n) is 4.44. The molecule has 2 amide bonds. The molecule has 2 aromatic heterocycles. The molecule has 1 aromatic carbocycles. The fourth-order valence-corrected chi connectivity index (χ4v) is 4.56. The molecular weight excluding hydrogens is 485 g/mol. The first-order valence-electron chi connectivity index (χ1n) is 11.5. The number of halogens is 2. The Morgan fingerprint density at radius 1 is 1.19 bits per heavy atom. The summed E-state index contributed by atoms with van der Waals surface area (Å²) >= 11 is 6.29. The van der Waals surface area contributed by atoms with Gasteiger partial charge < -0.3 is 9.80 Å². The topological polar surface area (TPSA) is 107 Å². The number of hydrogen-bond acceptors (Lipinski definition) is 7. The lowest BCUT2D eigenvalue weighted by Gasteiger charge is -2.37. The zero-order chi connectivity index (χ0) is 25.4. The molecule has 1 fully saturated rings.